The fraction of sp³-hybridized carbons (Fsp3) is 0.364. The Bertz CT molecular complexity index is 542. The molecule has 6 nitrogen and oxygen atoms in total. The minimum absolute atomic E-state index is 0.201. The predicted octanol–water partition coefficient (Wildman–Crippen LogP) is 1.56. The molecule has 6 heteroatoms. The average Bonchev–Trinajstić information content (AvgIpc) is 2.85. The third-order valence-corrected chi connectivity index (χ3v) is 2.19. The van der Waals surface area contributed by atoms with E-state index in [1.54, 1.807) is 30.9 Å². The number of imidazole rings is 1. The smallest absolute Gasteiger partial charge is 0.360 e. The van der Waals surface area contributed by atoms with E-state index >= 15 is 0 Å². The van der Waals surface area contributed by atoms with Crippen molar-refractivity contribution in [1.29, 1.82) is 0 Å². The number of aryl methyl sites for hydroxylation is 2. The van der Waals surface area contributed by atoms with Gasteiger partial charge >= 0.3 is 5.97 Å². The third-order valence-electron chi connectivity index (χ3n) is 2.19. The first-order valence-electron chi connectivity index (χ1n) is 5.24. The SMILES string of the molecule is CCOC(=O)c1nc(-c2cn(C)cn2)oc1C. The molecule has 0 saturated carbocycles. The molecule has 2 heterocycles. The number of carbonyl (C=O) groups excluding carboxylic acids is 1. The Morgan fingerprint density at radius 1 is 1.59 bits per heavy atom. The molecule has 0 saturated heterocycles. The van der Waals surface area contributed by atoms with Crippen LogP contribution in [0.2, 0.25) is 0 Å². The van der Waals surface area contributed by atoms with E-state index in [-0.39, 0.29) is 5.69 Å². The second-order valence-electron chi connectivity index (χ2n) is 3.57. The van der Waals surface area contributed by atoms with E-state index < -0.39 is 5.97 Å². The van der Waals surface area contributed by atoms with Crippen LogP contribution in [0.1, 0.15) is 23.2 Å². The van der Waals surface area contributed by atoms with Gasteiger partial charge in [-0.15, -0.1) is 0 Å². The van der Waals surface area contributed by atoms with Gasteiger partial charge in [-0.3, -0.25) is 0 Å². The minimum atomic E-state index is -0.476. The standard InChI is InChI=1S/C11H13N3O3/c1-4-16-11(15)9-7(2)17-10(13-9)8-5-14(3)6-12-8/h5-6H,4H2,1-3H3. The number of aromatic nitrogens is 3. The molecule has 0 aliphatic carbocycles. The number of esters is 1. The Morgan fingerprint density at radius 3 is 2.94 bits per heavy atom. The summed E-state index contributed by atoms with van der Waals surface area (Å²) in [6.07, 6.45) is 3.40. The van der Waals surface area contributed by atoms with Gasteiger partial charge in [0.25, 0.3) is 0 Å². The van der Waals surface area contributed by atoms with E-state index in [2.05, 4.69) is 9.97 Å². The number of carbonyl (C=O) groups is 1. The number of nitrogens with zero attached hydrogens (tertiary/aromatic N) is 3. The van der Waals surface area contributed by atoms with Gasteiger partial charge in [0.05, 0.1) is 12.9 Å². The van der Waals surface area contributed by atoms with Gasteiger partial charge in [0, 0.05) is 13.2 Å². The van der Waals surface area contributed by atoms with Crippen LogP contribution in [0, 0.1) is 6.92 Å². The molecular weight excluding hydrogens is 222 g/mol. The van der Waals surface area contributed by atoms with E-state index in [0.717, 1.165) is 0 Å². The van der Waals surface area contributed by atoms with E-state index in [9.17, 15) is 4.79 Å². The number of hydrogen-bond donors (Lipinski definition) is 0. The molecule has 0 atom stereocenters. The highest BCUT2D eigenvalue weighted by Crippen LogP contribution is 2.20. The Labute approximate surface area is 98.2 Å². The van der Waals surface area contributed by atoms with Gasteiger partial charge in [-0.05, 0) is 13.8 Å². The maximum absolute atomic E-state index is 11.5. The second kappa shape index (κ2) is 4.40. The zero-order valence-electron chi connectivity index (χ0n) is 9.93. The van der Waals surface area contributed by atoms with Gasteiger partial charge in [0.15, 0.2) is 5.69 Å². The lowest BCUT2D eigenvalue weighted by Gasteiger charge is -1.96. The summed E-state index contributed by atoms with van der Waals surface area (Å²) in [5.74, 6) is 0.284. The van der Waals surface area contributed by atoms with Crippen LogP contribution in [-0.2, 0) is 11.8 Å². The number of rotatable bonds is 3. The highest BCUT2D eigenvalue weighted by atomic mass is 16.5. The Hall–Kier alpha value is -2.11. The molecule has 0 aliphatic heterocycles. The van der Waals surface area contributed by atoms with Crippen molar-refractivity contribution in [3.05, 3.63) is 24.0 Å². The van der Waals surface area contributed by atoms with Crippen LogP contribution in [0.25, 0.3) is 11.6 Å². The van der Waals surface area contributed by atoms with Crippen LogP contribution in [0.3, 0.4) is 0 Å². The first-order valence-corrected chi connectivity index (χ1v) is 5.24. The third kappa shape index (κ3) is 2.20. The van der Waals surface area contributed by atoms with Crippen molar-refractivity contribution >= 4 is 5.97 Å². The van der Waals surface area contributed by atoms with Crippen molar-refractivity contribution in [1.82, 2.24) is 14.5 Å². The predicted molar refractivity (Wildman–Crippen MR) is 59.4 cm³/mol. The molecule has 0 aromatic carbocycles. The van der Waals surface area contributed by atoms with Gasteiger partial charge in [-0.1, -0.05) is 0 Å². The molecule has 2 aromatic heterocycles. The van der Waals surface area contributed by atoms with Crippen LogP contribution in [0.5, 0.6) is 0 Å². The number of ether oxygens (including phenoxy) is 1. The van der Waals surface area contributed by atoms with Crippen LogP contribution >= 0.6 is 0 Å². The molecule has 90 valence electrons. The molecule has 2 rings (SSSR count). The molecule has 0 bridgehead atoms. The van der Waals surface area contributed by atoms with Crippen LogP contribution in [0.4, 0.5) is 0 Å². The van der Waals surface area contributed by atoms with Crippen molar-refractivity contribution in [2.24, 2.45) is 7.05 Å². The summed E-state index contributed by atoms with van der Waals surface area (Å²) in [6, 6.07) is 0. The summed E-state index contributed by atoms with van der Waals surface area (Å²) >= 11 is 0. The molecule has 0 spiro atoms. The zero-order chi connectivity index (χ0) is 12.4. The highest BCUT2D eigenvalue weighted by molar-refractivity contribution is 5.88. The van der Waals surface area contributed by atoms with Crippen LogP contribution in [0.15, 0.2) is 16.9 Å². The quantitative estimate of drug-likeness (QED) is 0.755. The monoisotopic (exact) mass is 235 g/mol. The normalized spacial score (nSPS) is 10.5. The van der Waals surface area contributed by atoms with Crippen LogP contribution in [-0.4, -0.2) is 27.1 Å². The maximum atomic E-state index is 11.5. The molecule has 0 aliphatic rings. The van der Waals surface area contributed by atoms with Crippen molar-refractivity contribution in [2.45, 2.75) is 13.8 Å². The number of oxazole rings is 1. The lowest BCUT2D eigenvalue weighted by atomic mass is 10.4. The van der Waals surface area contributed by atoms with Gasteiger partial charge in [-0.25, -0.2) is 14.8 Å². The topological polar surface area (TPSA) is 70.2 Å². The molecule has 17 heavy (non-hydrogen) atoms. The molecular formula is C11H13N3O3. The summed E-state index contributed by atoms with van der Waals surface area (Å²) in [6.45, 7) is 3.72. The van der Waals surface area contributed by atoms with E-state index in [1.165, 1.54) is 0 Å². The lowest BCUT2D eigenvalue weighted by Crippen LogP contribution is -2.06. The summed E-state index contributed by atoms with van der Waals surface area (Å²) in [7, 11) is 1.85. The minimum Gasteiger partial charge on any atom is -0.461 e. The first-order chi connectivity index (χ1) is 8.11. The molecule has 2 aromatic rings. The summed E-state index contributed by atoms with van der Waals surface area (Å²) in [4.78, 5) is 19.7. The van der Waals surface area contributed by atoms with E-state index in [4.69, 9.17) is 9.15 Å². The van der Waals surface area contributed by atoms with Crippen molar-refractivity contribution in [3.63, 3.8) is 0 Å². The summed E-state index contributed by atoms with van der Waals surface area (Å²) < 4.78 is 12.0. The maximum Gasteiger partial charge on any atom is 0.360 e. The Kier molecular flexibility index (Phi) is 2.95. The fourth-order valence-electron chi connectivity index (χ4n) is 1.42. The Balaban J connectivity index is 2.33. The van der Waals surface area contributed by atoms with Crippen molar-refractivity contribution in [2.75, 3.05) is 6.61 Å². The average molecular weight is 235 g/mol. The fourth-order valence-corrected chi connectivity index (χ4v) is 1.42. The lowest BCUT2D eigenvalue weighted by molar-refractivity contribution is 0.0518. The summed E-state index contributed by atoms with van der Waals surface area (Å²) in [5.41, 5.74) is 0.790. The second-order valence-corrected chi connectivity index (χ2v) is 3.57. The number of hydrogen-bond acceptors (Lipinski definition) is 5. The molecule has 0 N–H and O–H groups in total. The molecule has 0 unspecified atom stereocenters. The summed E-state index contributed by atoms with van der Waals surface area (Å²) in [5, 5.41) is 0. The van der Waals surface area contributed by atoms with Gasteiger partial charge in [0.1, 0.15) is 11.5 Å². The van der Waals surface area contributed by atoms with Crippen molar-refractivity contribution in [3.8, 4) is 11.6 Å². The van der Waals surface area contributed by atoms with Gasteiger partial charge < -0.3 is 13.7 Å². The Morgan fingerprint density at radius 2 is 2.35 bits per heavy atom. The highest BCUT2D eigenvalue weighted by Gasteiger charge is 2.19. The van der Waals surface area contributed by atoms with E-state index in [1.807, 2.05) is 7.05 Å². The van der Waals surface area contributed by atoms with Crippen molar-refractivity contribution < 1.29 is 13.9 Å². The van der Waals surface area contributed by atoms with Gasteiger partial charge in [-0.2, -0.15) is 0 Å². The van der Waals surface area contributed by atoms with Gasteiger partial charge in [0.2, 0.25) is 5.89 Å². The van der Waals surface area contributed by atoms with E-state index in [0.29, 0.717) is 24.0 Å². The zero-order valence-corrected chi connectivity index (χ0v) is 9.93. The largest absolute Gasteiger partial charge is 0.461 e. The van der Waals surface area contributed by atoms with Crippen LogP contribution < -0.4 is 0 Å². The molecule has 0 radical (unpaired) electrons. The molecule has 0 amide bonds. The first kappa shape index (κ1) is 11.4. The molecule has 0 fully saturated rings.